The standard InChI is InChI=1S/C18H14BrN3O4/c19-11-15(23)21(12-13-7-3-1-4-8-13)22-16(18(25)26-20-22)17(24)14-9-5-2-6-10-14/h1-10H,11-12H2/p+1. The fourth-order valence-electron chi connectivity index (χ4n) is 2.45. The van der Waals surface area contributed by atoms with Gasteiger partial charge in [0.15, 0.2) is 0 Å². The molecule has 0 aliphatic rings. The molecule has 0 saturated carbocycles. The predicted octanol–water partition coefficient (Wildman–Crippen LogP) is 1.55. The van der Waals surface area contributed by atoms with E-state index in [9.17, 15) is 14.4 Å². The SMILES string of the molecule is O=C(c1ccccc1)c1c(=O)o[nH][n+]1N(Cc1ccccc1)C(=O)CBr. The van der Waals surface area contributed by atoms with Crippen molar-refractivity contribution >= 4 is 27.6 Å². The van der Waals surface area contributed by atoms with Crippen molar-refractivity contribution in [3.8, 4) is 0 Å². The molecule has 1 heterocycles. The molecule has 8 heteroatoms. The van der Waals surface area contributed by atoms with Crippen LogP contribution in [0.4, 0.5) is 0 Å². The van der Waals surface area contributed by atoms with Gasteiger partial charge >= 0.3 is 11.3 Å². The molecule has 1 N–H and O–H groups in total. The summed E-state index contributed by atoms with van der Waals surface area (Å²) in [7, 11) is 0. The van der Waals surface area contributed by atoms with E-state index in [1.54, 1.807) is 30.3 Å². The summed E-state index contributed by atoms with van der Waals surface area (Å²) in [6.45, 7) is 0.153. The highest BCUT2D eigenvalue weighted by Gasteiger charge is 2.37. The maximum atomic E-state index is 12.8. The summed E-state index contributed by atoms with van der Waals surface area (Å²) in [4.78, 5) is 38.4. The Hall–Kier alpha value is -3.00. The van der Waals surface area contributed by atoms with Crippen molar-refractivity contribution in [3.05, 3.63) is 87.9 Å². The molecular weight excluding hydrogens is 402 g/mol. The first-order chi connectivity index (χ1) is 12.6. The number of hydrogen-bond acceptors (Lipinski definition) is 4. The molecular formula is C18H15BrN3O4+. The van der Waals surface area contributed by atoms with Gasteiger partial charge in [-0.05, 0) is 5.56 Å². The minimum Gasteiger partial charge on any atom is -0.281 e. The van der Waals surface area contributed by atoms with Gasteiger partial charge in [-0.25, -0.2) is 4.79 Å². The van der Waals surface area contributed by atoms with E-state index in [0.717, 1.165) is 10.4 Å². The number of aromatic nitrogens is 2. The Morgan fingerprint density at radius 1 is 1.04 bits per heavy atom. The second-order valence-electron chi connectivity index (χ2n) is 5.41. The van der Waals surface area contributed by atoms with Crippen LogP contribution in [0.15, 0.2) is 70.0 Å². The molecule has 1 amide bonds. The van der Waals surface area contributed by atoms with E-state index in [-0.39, 0.29) is 23.5 Å². The zero-order valence-corrected chi connectivity index (χ0v) is 15.2. The fraction of sp³-hybridized carbons (Fsp3) is 0.111. The molecule has 2 aromatic carbocycles. The summed E-state index contributed by atoms with van der Waals surface area (Å²) in [5, 5.41) is 3.61. The van der Waals surface area contributed by atoms with Gasteiger partial charge in [0.2, 0.25) is 0 Å². The molecule has 0 atom stereocenters. The second-order valence-corrected chi connectivity index (χ2v) is 5.97. The van der Waals surface area contributed by atoms with Gasteiger partial charge in [-0.15, -0.1) is 0 Å². The monoisotopic (exact) mass is 416 g/mol. The summed E-state index contributed by atoms with van der Waals surface area (Å²) in [5.41, 5.74) is 0.0225. The van der Waals surface area contributed by atoms with E-state index in [2.05, 4.69) is 21.2 Å². The van der Waals surface area contributed by atoms with E-state index in [0.29, 0.717) is 5.56 Å². The quantitative estimate of drug-likeness (QED) is 0.375. The highest BCUT2D eigenvalue weighted by atomic mass is 79.9. The highest BCUT2D eigenvalue weighted by Crippen LogP contribution is 2.06. The molecule has 0 saturated heterocycles. The number of H-pyrrole nitrogens is 1. The number of rotatable bonds is 6. The zero-order chi connectivity index (χ0) is 18.5. The maximum Gasteiger partial charge on any atom is 0.442 e. The van der Waals surface area contributed by atoms with E-state index in [1.807, 2.05) is 30.3 Å². The molecule has 0 radical (unpaired) electrons. The van der Waals surface area contributed by atoms with Crippen LogP contribution >= 0.6 is 15.9 Å². The Balaban J connectivity index is 2.04. The van der Waals surface area contributed by atoms with E-state index < -0.39 is 11.4 Å². The van der Waals surface area contributed by atoms with Crippen molar-refractivity contribution in [2.24, 2.45) is 0 Å². The van der Waals surface area contributed by atoms with Gasteiger partial charge in [-0.1, -0.05) is 81.6 Å². The average molecular weight is 417 g/mol. The molecule has 3 rings (SSSR count). The summed E-state index contributed by atoms with van der Waals surface area (Å²) in [6, 6.07) is 17.5. The smallest absolute Gasteiger partial charge is 0.281 e. The summed E-state index contributed by atoms with van der Waals surface area (Å²) in [6.07, 6.45) is 0. The van der Waals surface area contributed by atoms with Crippen molar-refractivity contribution in [3.63, 3.8) is 0 Å². The van der Waals surface area contributed by atoms with Crippen molar-refractivity contribution in [2.75, 3.05) is 10.3 Å². The Labute approximate surface area is 156 Å². The van der Waals surface area contributed by atoms with Crippen molar-refractivity contribution in [1.82, 2.24) is 5.27 Å². The lowest BCUT2D eigenvalue weighted by atomic mass is 10.1. The van der Waals surface area contributed by atoms with Gasteiger partial charge in [-0.3, -0.25) is 14.1 Å². The Morgan fingerprint density at radius 3 is 2.27 bits per heavy atom. The van der Waals surface area contributed by atoms with Crippen LogP contribution in [0, 0.1) is 0 Å². The lowest BCUT2D eigenvalue weighted by molar-refractivity contribution is -0.752. The van der Waals surface area contributed by atoms with Gasteiger partial charge in [0.25, 0.3) is 11.7 Å². The van der Waals surface area contributed by atoms with Crippen molar-refractivity contribution in [1.29, 1.82) is 0 Å². The molecule has 0 aliphatic heterocycles. The molecule has 0 unspecified atom stereocenters. The van der Waals surface area contributed by atoms with Crippen LogP contribution in [-0.4, -0.2) is 22.3 Å². The average Bonchev–Trinajstić information content (AvgIpc) is 3.07. The largest absolute Gasteiger partial charge is 0.442 e. The number of carbonyl (C=O) groups is 2. The number of amides is 1. The fourth-order valence-corrected chi connectivity index (χ4v) is 2.74. The Kier molecular flexibility index (Phi) is 5.43. The Morgan fingerprint density at radius 2 is 1.65 bits per heavy atom. The van der Waals surface area contributed by atoms with Crippen LogP contribution in [0.25, 0.3) is 0 Å². The summed E-state index contributed by atoms with van der Waals surface area (Å²) in [5.74, 6) is -0.890. The number of carbonyl (C=O) groups excluding carboxylic acids is 2. The normalized spacial score (nSPS) is 10.5. The molecule has 0 aliphatic carbocycles. The third-order valence-corrected chi connectivity index (χ3v) is 4.18. The number of alkyl halides is 1. The Bertz CT molecular complexity index is 967. The number of ketones is 1. The van der Waals surface area contributed by atoms with Crippen molar-refractivity contribution in [2.45, 2.75) is 6.54 Å². The van der Waals surface area contributed by atoms with Crippen LogP contribution in [0.2, 0.25) is 0 Å². The topological polar surface area (TPSA) is 87.3 Å². The van der Waals surface area contributed by atoms with E-state index >= 15 is 0 Å². The van der Waals surface area contributed by atoms with Crippen LogP contribution in [0.1, 0.15) is 21.6 Å². The lowest BCUT2D eigenvalue weighted by Gasteiger charge is -2.12. The van der Waals surface area contributed by atoms with Crippen LogP contribution in [-0.2, 0) is 11.3 Å². The first kappa shape index (κ1) is 17.8. The minimum atomic E-state index is -0.848. The van der Waals surface area contributed by atoms with Crippen molar-refractivity contribution < 1.29 is 18.9 Å². The highest BCUT2D eigenvalue weighted by molar-refractivity contribution is 9.09. The number of benzene rings is 2. The molecule has 26 heavy (non-hydrogen) atoms. The number of hydrogen-bond donors (Lipinski definition) is 1. The van der Waals surface area contributed by atoms with Gasteiger partial charge in [-0.2, -0.15) is 0 Å². The number of nitrogens with one attached hydrogen (secondary N) is 1. The molecule has 0 spiro atoms. The van der Waals surface area contributed by atoms with Crippen LogP contribution in [0.5, 0.6) is 0 Å². The third-order valence-electron chi connectivity index (χ3n) is 3.70. The molecule has 0 bridgehead atoms. The first-order valence-corrected chi connectivity index (χ1v) is 8.87. The maximum absolute atomic E-state index is 12.8. The van der Waals surface area contributed by atoms with E-state index in [4.69, 9.17) is 4.52 Å². The van der Waals surface area contributed by atoms with Gasteiger partial charge in [0.05, 0.1) is 10.1 Å². The van der Waals surface area contributed by atoms with Crippen LogP contribution < -0.4 is 15.4 Å². The summed E-state index contributed by atoms with van der Waals surface area (Å²) < 4.78 is 4.80. The number of nitrogens with zero attached hydrogens (tertiary/aromatic N) is 2. The predicted molar refractivity (Wildman–Crippen MR) is 96.6 cm³/mol. The van der Waals surface area contributed by atoms with Gasteiger partial charge < -0.3 is 0 Å². The first-order valence-electron chi connectivity index (χ1n) is 7.75. The van der Waals surface area contributed by atoms with Gasteiger partial charge in [0, 0.05) is 10.8 Å². The molecule has 132 valence electrons. The second kappa shape index (κ2) is 7.92. The molecule has 0 fully saturated rings. The zero-order valence-electron chi connectivity index (χ0n) is 13.6. The number of halogens is 1. The van der Waals surface area contributed by atoms with Gasteiger partial charge in [0.1, 0.15) is 6.54 Å². The number of aromatic amines is 1. The van der Waals surface area contributed by atoms with Crippen LogP contribution in [0.3, 0.4) is 0 Å². The molecule has 1 aromatic heterocycles. The lowest BCUT2D eigenvalue weighted by Crippen LogP contribution is -2.65. The minimum absolute atomic E-state index is 0.0129. The van der Waals surface area contributed by atoms with E-state index in [1.165, 1.54) is 5.01 Å². The summed E-state index contributed by atoms with van der Waals surface area (Å²) >= 11 is 3.13. The molecule has 7 nitrogen and oxygen atoms in total. The third kappa shape index (κ3) is 3.65. The molecule has 3 aromatic rings.